The molecule has 25 heavy (non-hydrogen) atoms. The summed E-state index contributed by atoms with van der Waals surface area (Å²) in [4.78, 5) is 6.92. The lowest BCUT2D eigenvalue weighted by Crippen LogP contribution is -2.38. The smallest absolute Gasteiger partial charge is 0.247 e. The van der Waals surface area contributed by atoms with Gasteiger partial charge < -0.3 is 15.0 Å². The first-order valence-electron chi connectivity index (χ1n) is 8.77. The van der Waals surface area contributed by atoms with E-state index >= 15 is 0 Å². The molecule has 0 amide bonds. The number of nitrogens with one attached hydrogen (secondary N) is 1. The monoisotopic (exact) mass is 341 g/mol. The highest BCUT2D eigenvalue weighted by atomic mass is 16.5. The van der Waals surface area contributed by atoms with Crippen molar-refractivity contribution in [3.8, 4) is 0 Å². The SMILES string of the molecule is Cc1ccc(Nc2nc(N3CCOCC3)nnc2C(C)(C)C)cc1C. The Labute approximate surface area is 149 Å². The molecular formula is C19H27N5O. The second-order valence-electron chi connectivity index (χ2n) is 7.58. The molecule has 0 spiro atoms. The van der Waals surface area contributed by atoms with E-state index in [1.54, 1.807) is 0 Å². The molecule has 1 aliphatic rings. The van der Waals surface area contributed by atoms with Crippen LogP contribution in [0.3, 0.4) is 0 Å². The molecule has 1 saturated heterocycles. The van der Waals surface area contributed by atoms with Gasteiger partial charge >= 0.3 is 0 Å². The van der Waals surface area contributed by atoms with Crippen molar-refractivity contribution in [3.63, 3.8) is 0 Å². The van der Waals surface area contributed by atoms with E-state index in [-0.39, 0.29) is 5.41 Å². The summed E-state index contributed by atoms with van der Waals surface area (Å²) in [6, 6.07) is 6.33. The molecule has 3 rings (SSSR count). The second kappa shape index (κ2) is 6.96. The molecule has 134 valence electrons. The van der Waals surface area contributed by atoms with E-state index in [1.165, 1.54) is 11.1 Å². The summed E-state index contributed by atoms with van der Waals surface area (Å²) >= 11 is 0. The van der Waals surface area contributed by atoms with Gasteiger partial charge in [0.15, 0.2) is 5.82 Å². The van der Waals surface area contributed by atoms with Crippen LogP contribution in [0.2, 0.25) is 0 Å². The predicted octanol–water partition coefficient (Wildman–Crippen LogP) is 3.37. The molecule has 1 aliphatic heterocycles. The summed E-state index contributed by atoms with van der Waals surface area (Å²) in [6.07, 6.45) is 0. The molecule has 0 saturated carbocycles. The van der Waals surface area contributed by atoms with Crippen LogP contribution in [0.15, 0.2) is 18.2 Å². The van der Waals surface area contributed by atoms with Crippen molar-refractivity contribution in [1.82, 2.24) is 15.2 Å². The molecule has 0 radical (unpaired) electrons. The van der Waals surface area contributed by atoms with Crippen molar-refractivity contribution in [1.29, 1.82) is 0 Å². The van der Waals surface area contributed by atoms with E-state index < -0.39 is 0 Å². The van der Waals surface area contributed by atoms with Gasteiger partial charge in [0.25, 0.3) is 0 Å². The van der Waals surface area contributed by atoms with E-state index in [0.29, 0.717) is 19.2 Å². The van der Waals surface area contributed by atoms with Gasteiger partial charge in [-0.3, -0.25) is 0 Å². The first-order chi connectivity index (χ1) is 11.8. The molecule has 1 aromatic carbocycles. The molecule has 1 aromatic heterocycles. The standard InChI is InChI=1S/C19H27N5O/c1-13-6-7-15(12-14(13)2)20-17-16(19(3,4)5)22-23-18(21-17)24-8-10-25-11-9-24/h6-7,12H,8-11H2,1-5H3,(H,20,21,23). The van der Waals surface area contributed by atoms with Crippen molar-refractivity contribution in [2.75, 3.05) is 36.5 Å². The van der Waals surface area contributed by atoms with Crippen molar-refractivity contribution in [3.05, 3.63) is 35.0 Å². The maximum atomic E-state index is 5.42. The van der Waals surface area contributed by atoms with E-state index in [4.69, 9.17) is 9.72 Å². The number of rotatable bonds is 3. The van der Waals surface area contributed by atoms with Crippen LogP contribution in [0.1, 0.15) is 37.6 Å². The Morgan fingerprint density at radius 2 is 1.76 bits per heavy atom. The van der Waals surface area contributed by atoms with E-state index in [0.717, 1.165) is 30.3 Å². The fourth-order valence-corrected chi connectivity index (χ4v) is 2.76. The molecule has 1 fully saturated rings. The second-order valence-corrected chi connectivity index (χ2v) is 7.58. The van der Waals surface area contributed by atoms with Crippen LogP contribution in [-0.4, -0.2) is 41.5 Å². The highest BCUT2D eigenvalue weighted by Gasteiger charge is 2.24. The number of benzene rings is 1. The van der Waals surface area contributed by atoms with Crippen LogP contribution >= 0.6 is 0 Å². The lowest BCUT2D eigenvalue weighted by Gasteiger charge is -2.28. The molecule has 1 N–H and O–H groups in total. The first-order valence-corrected chi connectivity index (χ1v) is 8.77. The van der Waals surface area contributed by atoms with Gasteiger partial charge in [0.05, 0.1) is 13.2 Å². The molecule has 6 heteroatoms. The Balaban J connectivity index is 1.96. The Morgan fingerprint density at radius 1 is 1.04 bits per heavy atom. The number of aromatic nitrogens is 3. The number of morpholine rings is 1. The minimum absolute atomic E-state index is 0.147. The third-order valence-electron chi connectivity index (χ3n) is 4.45. The van der Waals surface area contributed by atoms with Crippen LogP contribution in [0, 0.1) is 13.8 Å². The summed E-state index contributed by atoms with van der Waals surface area (Å²) < 4.78 is 5.42. The van der Waals surface area contributed by atoms with Crippen LogP contribution in [0.4, 0.5) is 17.5 Å². The number of aryl methyl sites for hydroxylation is 2. The maximum Gasteiger partial charge on any atom is 0.247 e. The number of ether oxygens (including phenoxy) is 1. The predicted molar refractivity (Wildman–Crippen MR) is 101 cm³/mol. The summed E-state index contributed by atoms with van der Waals surface area (Å²) in [5.74, 6) is 1.43. The van der Waals surface area contributed by atoms with Crippen molar-refractivity contribution < 1.29 is 4.74 Å². The largest absolute Gasteiger partial charge is 0.378 e. The van der Waals surface area contributed by atoms with Gasteiger partial charge in [0, 0.05) is 24.2 Å². The van der Waals surface area contributed by atoms with Gasteiger partial charge in [-0.05, 0) is 37.1 Å². The number of hydrogen-bond acceptors (Lipinski definition) is 6. The van der Waals surface area contributed by atoms with Crippen molar-refractivity contribution in [2.45, 2.75) is 40.0 Å². The number of nitrogens with zero attached hydrogens (tertiary/aromatic N) is 4. The van der Waals surface area contributed by atoms with E-state index in [9.17, 15) is 0 Å². The van der Waals surface area contributed by atoms with Crippen LogP contribution < -0.4 is 10.2 Å². The van der Waals surface area contributed by atoms with Gasteiger partial charge in [-0.2, -0.15) is 4.98 Å². The fourth-order valence-electron chi connectivity index (χ4n) is 2.76. The average molecular weight is 341 g/mol. The van der Waals surface area contributed by atoms with Crippen LogP contribution in [0.5, 0.6) is 0 Å². The molecule has 2 heterocycles. The molecule has 0 aliphatic carbocycles. The highest BCUT2D eigenvalue weighted by molar-refractivity contribution is 5.61. The third-order valence-corrected chi connectivity index (χ3v) is 4.45. The fraction of sp³-hybridized carbons (Fsp3) is 0.526. The Hall–Kier alpha value is -2.21. The molecule has 0 atom stereocenters. The molecular weight excluding hydrogens is 314 g/mol. The van der Waals surface area contributed by atoms with Gasteiger partial charge in [-0.1, -0.05) is 26.8 Å². The Morgan fingerprint density at radius 3 is 2.40 bits per heavy atom. The number of hydrogen-bond donors (Lipinski definition) is 1. The van der Waals surface area contributed by atoms with Gasteiger partial charge in [-0.25, -0.2) is 0 Å². The van der Waals surface area contributed by atoms with Gasteiger partial charge in [-0.15, -0.1) is 10.2 Å². The van der Waals surface area contributed by atoms with Crippen LogP contribution in [-0.2, 0) is 10.2 Å². The summed E-state index contributed by atoms with van der Waals surface area (Å²) in [5, 5.41) is 12.3. The summed E-state index contributed by atoms with van der Waals surface area (Å²) in [6.45, 7) is 13.6. The molecule has 0 unspecified atom stereocenters. The average Bonchev–Trinajstić information content (AvgIpc) is 2.58. The summed E-state index contributed by atoms with van der Waals surface area (Å²) in [5.41, 5.74) is 4.25. The zero-order valence-electron chi connectivity index (χ0n) is 15.8. The zero-order chi connectivity index (χ0) is 18.0. The topological polar surface area (TPSA) is 63.2 Å². The van der Waals surface area contributed by atoms with E-state index in [1.807, 2.05) is 0 Å². The third kappa shape index (κ3) is 4.07. The van der Waals surface area contributed by atoms with Gasteiger partial charge in [0.1, 0.15) is 5.69 Å². The van der Waals surface area contributed by atoms with E-state index in [2.05, 4.69) is 73.2 Å². The quantitative estimate of drug-likeness (QED) is 0.923. The highest BCUT2D eigenvalue weighted by Crippen LogP contribution is 2.29. The lowest BCUT2D eigenvalue weighted by molar-refractivity contribution is 0.122. The molecule has 0 bridgehead atoms. The lowest BCUT2D eigenvalue weighted by atomic mass is 9.92. The Bertz CT molecular complexity index is 748. The molecule has 6 nitrogen and oxygen atoms in total. The molecule has 2 aromatic rings. The Kier molecular flexibility index (Phi) is 4.90. The number of anilines is 3. The van der Waals surface area contributed by atoms with Gasteiger partial charge in [0.2, 0.25) is 5.95 Å². The van der Waals surface area contributed by atoms with Crippen molar-refractivity contribution >= 4 is 17.5 Å². The van der Waals surface area contributed by atoms with Crippen LogP contribution in [0.25, 0.3) is 0 Å². The minimum atomic E-state index is -0.147. The normalized spacial score (nSPS) is 15.3. The minimum Gasteiger partial charge on any atom is -0.378 e. The zero-order valence-corrected chi connectivity index (χ0v) is 15.8. The van der Waals surface area contributed by atoms with Crippen molar-refractivity contribution in [2.24, 2.45) is 0 Å². The first kappa shape index (κ1) is 17.6. The summed E-state index contributed by atoms with van der Waals surface area (Å²) in [7, 11) is 0. The maximum absolute atomic E-state index is 5.42.